The van der Waals surface area contributed by atoms with E-state index in [0.717, 1.165) is 140 Å². The van der Waals surface area contributed by atoms with Crippen molar-refractivity contribution in [2.75, 3.05) is 19.7 Å². The summed E-state index contributed by atoms with van der Waals surface area (Å²) in [5.74, 6) is -4.88. The topological polar surface area (TPSA) is 240 Å². The van der Waals surface area contributed by atoms with Crippen molar-refractivity contribution in [2.24, 2.45) is 17.6 Å². The summed E-state index contributed by atoms with van der Waals surface area (Å²) in [6.45, 7) is 5.17. The first-order valence-corrected chi connectivity index (χ1v) is 34.4. The van der Waals surface area contributed by atoms with E-state index in [4.69, 9.17) is 5.73 Å². The number of halogens is 2. The average Bonchev–Trinajstić information content (AvgIpc) is 2.04. The van der Waals surface area contributed by atoms with E-state index in [2.05, 4.69) is 15.4 Å². The van der Waals surface area contributed by atoms with Crippen LogP contribution in [0.1, 0.15) is 234 Å². The number of amides is 4. The van der Waals surface area contributed by atoms with Crippen LogP contribution in [0.5, 0.6) is 0 Å². The van der Waals surface area contributed by atoms with Crippen molar-refractivity contribution < 1.29 is 61.8 Å². The van der Waals surface area contributed by atoms with Crippen LogP contribution in [0.15, 0.2) is 109 Å². The van der Waals surface area contributed by atoms with Gasteiger partial charge in [-0.2, -0.15) is 0 Å². The highest BCUT2D eigenvalue weighted by Crippen LogP contribution is 2.35. The molecule has 0 aliphatic carbocycles. The molecule has 4 fully saturated rings. The third-order valence-corrected chi connectivity index (χ3v) is 17.9. The number of Topliss-reactive ketones (excluding diaryl/α,β-unsaturated/α-hetero) is 3. The minimum Gasteiger partial charge on any atom is -0.480 e. The molecule has 0 spiro atoms. The number of esters is 1. The fraction of sp³-hybridized carbons (Fsp3) is 0.560. The predicted molar refractivity (Wildman–Crippen MR) is 356 cm³/mol. The molecule has 4 aliphatic rings. The van der Waals surface area contributed by atoms with E-state index in [0.29, 0.717) is 56.5 Å². The molecule has 18 heteroatoms. The van der Waals surface area contributed by atoms with Gasteiger partial charge in [0.15, 0.2) is 5.78 Å². The van der Waals surface area contributed by atoms with E-state index in [1.54, 1.807) is 43.3 Å². The highest BCUT2D eigenvalue weighted by atomic mass is 19.1. The van der Waals surface area contributed by atoms with Gasteiger partial charge in [-0.05, 0) is 93.5 Å². The Morgan fingerprint density at radius 3 is 1.29 bits per heavy atom. The Kier molecular flexibility index (Phi) is 35.6. The highest BCUT2D eigenvalue weighted by molar-refractivity contribution is 5.95. The molecule has 93 heavy (non-hydrogen) atoms. The van der Waals surface area contributed by atoms with Gasteiger partial charge in [0.05, 0.1) is 36.6 Å². The van der Waals surface area contributed by atoms with Crippen LogP contribution in [-0.2, 0) is 60.9 Å². The number of hydrogen-bond acceptors (Lipinski definition) is 11. The number of carbonyl (C=O) groups excluding carboxylic acids is 8. The molecule has 0 saturated carbocycles. The van der Waals surface area contributed by atoms with Crippen molar-refractivity contribution in [1.29, 1.82) is 0 Å². The van der Waals surface area contributed by atoms with Crippen LogP contribution in [0.25, 0.3) is 0 Å². The molecular formula is C75H103F2N5O11. The number of ether oxygens (including phenoxy) is 1. The number of benzene rings is 4. The summed E-state index contributed by atoms with van der Waals surface area (Å²) in [6.07, 6.45) is 21.2. The minimum atomic E-state index is -1.07. The van der Waals surface area contributed by atoms with Gasteiger partial charge in [0.2, 0.25) is 23.6 Å². The second-order valence-electron chi connectivity index (χ2n) is 25.1. The highest BCUT2D eigenvalue weighted by Gasteiger charge is 2.37. The fourth-order valence-electron chi connectivity index (χ4n) is 12.7. The summed E-state index contributed by atoms with van der Waals surface area (Å²) >= 11 is 0. The van der Waals surface area contributed by atoms with Crippen LogP contribution in [0.4, 0.5) is 8.78 Å². The molecule has 4 heterocycles. The number of nitrogens with zero attached hydrogens (tertiary/aromatic N) is 2. The monoisotopic (exact) mass is 1290 g/mol. The van der Waals surface area contributed by atoms with E-state index in [1.807, 2.05) is 70.5 Å². The maximum absolute atomic E-state index is 14.2. The molecule has 8 rings (SSSR count). The Morgan fingerprint density at radius 2 is 0.903 bits per heavy atom. The van der Waals surface area contributed by atoms with Gasteiger partial charge in [-0.25, -0.2) is 13.6 Å². The summed E-state index contributed by atoms with van der Waals surface area (Å²) in [5, 5.41) is 15.2. The van der Waals surface area contributed by atoms with Crippen molar-refractivity contribution in [2.45, 2.75) is 237 Å². The number of carbonyl (C=O) groups is 9. The fourth-order valence-corrected chi connectivity index (χ4v) is 12.7. The molecule has 4 saturated heterocycles. The Balaban J connectivity index is 0.000000278. The SMILES string of the molecule is CCOC(C)=O.NCc1ccccc1F.O=C1CCCCCCCCCC[C@@H](C(=O)CCc2ccccc2F)NC(=O)[C@H](CC(=O)N2CCC[C@@H]2c2ccccc2)C1.O=C1CCCCCCCCCC[C@@H](C(=O)O)NC(=O)[C@H](CC(=O)N2CCC[C@@H]2c2ccccc2)C1. The van der Waals surface area contributed by atoms with E-state index in [-0.39, 0.29) is 104 Å². The summed E-state index contributed by atoms with van der Waals surface area (Å²) in [7, 11) is 0. The number of carboxylic acid groups (broad SMARTS) is 1. The Hall–Kier alpha value is -7.47. The quantitative estimate of drug-likeness (QED) is 0.0914. The number of aliphatic carboxylic acids is 1. The molecule has 0 bridgehead atoms. The molecule has 5 N–H and O–H groups in total. The van der Waals surface area contributed by atoms with Crippen molar-refractivity contribution in [3.05, 3.63) is 143 Å². The van der Waals surface area contributed by atoms with Gasteiger partial charge in [0.25, 0.3) is 0 Å². The predicted octanol–water partition coefficient (Wildman–Crippen LogP) is 13.7. The summed E-state index contributed by atoms with van der Waals surface area (Å²) in [6, 6.07) is 31.0. The zero-order chi connectivity index (χ0) is 67.2. The number of nitrogens with one attached hydrogen (secondary N) is 2. The molecule has 4 aliphatic heterocycles. The molecule has 6 atom stereocenters. The molecule has 16 nitrogen and oxygen atoms in total. The van der Waals surface area contributed by atoms with Gasteiger partial charge in [-0.3, -0.25) is 38.4 Å². The molecule has 4 aromatic rings. The van der Waals surface area contributed by atoms with Crippen molar-refractivity contribution >= 4 is 52.9 Å². The Labute approximate surface area is 550 Å². The number of nitrogens with two attached hydrogens (primary N) is 1. The number of ketones is 3. The van der Waals surface area contributed by atoms with Crippen molar-refractivity contribution in [1.82, 2.24) is 20.4 Å². The van der Waals surface area contributed by atoms with E-state index in [1.165, 1.54) is 19.1 Å². The number of carboxylic acids is 1. The van der Waals surface area contributed by atoms with E-state index < -0.39 is 41.7 Å². The molecular weight excluding hydrogens is 1180 g/mol. The van der Waals surface area contributed by atoms with Crippen LogP contribution in [0, 0.1) is 23.5 Å². The lowest BCUT2D eigenvalue weighted by molar-refractivity contribution is -0.144. The number of likely N-dealkylation sites (tertiary alicyclic amines) is 2. The standard InChI is InChI=1S/C36H47FN2O4.C28H40N2O5.C7H8FN.C4H8O2/c37-31-19-13-12-15-27(31)22-23-34(41)32-20-11-6-4-2-1-3-5-10-18-30(40)25-29(36(43)38-32)26-35(42)39-24-14-21-33(39)28-16-8-7-9-17-28;31-23-15-10-5-3-1-2-4-6-11-16-24(28(34)35)29-27(33)22(19-23)20-26(32)30-18-12-17-25(30)21-13-8-7-9-14-21;8-7-4-2-1-3-6(7)5-9;1-3-6-4(2)5/h7-9,12-13,15-17,19,29,32-33H,1-6,10-11,14,18,20-26H2,(H,38,43);7-9,13-14,22,24-25H,1-6,10-12,15-20H2,(H,29,33)(H,34,35);1-4H,5,9H2;3H2,1-2H3/t29-,32-,33+;22-,24-,25+;;/m00../s1. The zero-order valence-electron chi connectivity index (χ0n) is 55.2. The van der Waals surface area contributed by atoms with Crippen LogP contribution < -0.4 is 16.4 Å². The molecule has 0 radical (unpaired) electrons. The largest absolute Gasteiger partial charge is 0.480 e. The van der Waals surface area contributed by atoms with Crippen LogP contribution in [0.3, 0.4) is 0 Å². The van der Waals surface area contributed by atoms with Gasteiger partial charge in [0.1, 0.15) is 29.2 Å². The Bertz CT molecular complexity index is 2950. The van der Waals surface area contributed by atoms with Gasteiger partial charge >= 0.3 is 11.9 Å². The average molecular weight is 1290 g/mol. The van der Waals surface area contributed by atoms with E-state index in [9.17, 15) is 57.0 Å². The van der Waals surface area contributed by atoms with Crippen LogP contribution >= 0.6 is 0 Å². The molecule has 0 unspecified atom stereocenters. The van der Waals surface area contributed by atoms with Crippen LogP contribution in [0.2, 0.25) is 0 Å². The summed E-state index contributed by atoms with van der Waals surface area (Å²) in [4.78, 5) is 118. The maximum atomic E-state index is 14.2. The molecule has 4 amide bonds. The van der Waals surface area contributed by atoms with Crippen molar-refractivity contribution in [3.63, 3.8) is 0 Å². The minimum absolute atomic E-state index is 0.00243. The Morgan fingerprint density at radius 1 is 0.516 bits per heavy atom. The first kappa shape index (κ1) is 76.2. The molecule has 0 aromatic heterocycles. The lowest BCUT2D eigenvalue weighted by atomic mass is 9.92. The van der Waals surface area contributed by atoms with Crippen molar-refractivity contribution in [3.8, 4) is 0 Å². The molecule has 4 aromatic carbocycles. The van der Waals surface area contributed by atoms with Gasteiger partial charge in [-0.15, -0.1) is 0 Å². The lowest BCUT2D eigenvalue weighted by Gasteiger charge is -2.28. The first-order valence-electron chi connectivity index (χ1n) is 34.4. The van der Waals surface area contributed by atoms with E-state index >= 15 is 0 Å². The second-order valence-corrected chi connectivity index (χ2v) is 25.1. The van der Waals surface area contributed by atoms with Gasteiger partial charge in [-0.1, -0.05) is 187 Å². The smallest absolute Gasteiger partial charge is 0.326 e. The number of aryl methyl sites for hydroxylation is 1. The second kappa shape index (κ2) is 43.4. The summed E-state index contributed by atoms with van der Waals surface area (Å²) < 4.78 is 31.1. The maximum Gasteiger partial charge on any atom is 0.326 e. The first-order chi connectivity index (χ1) is 45.0. The van der Waals surface area contributed by atoms with Crippen LogP contribution in [-0.4, -0.2) is 99.6 Å². The lowest BCUT2D eigenvalue weighted by Crippen LogP contribution is -2.45. The number of hydrogen-bond donors (Lipinski definition) is 4. The zero-order valence-corrected chi connectivity index (χ0v) is 55.2. The third-order valence-electron chi connectivity index (χ3n) is 17.9. The number of rotatable bonds is 13. The van der Waals surface area contributed by atoms with Gasteiger partial charge < -0.3 is 36.0 Å². The normalized spacial score (nSPS) is 21.8. The third kappa shape index (κ3) is 28.3. The van der Waals surface area contributed by atoms with Gasteiger partial charge in [0, 0.05) is 77.1 Å². The summed E-state index contributed by atoms with van der Waals surface area (Å²) in [5.41, 5.74) is 8.40. The molecule has 508 valence electrons.